The molecular weight excluding hydrogens is 612 g/mol. The van der Waals surface area contributed by atoms with Gasteiger partial charge < -0.3 is 19.4 Å². The average molecular weight is 671 g/mol. The van der Waals surface area contributed by atoms with Crippen LogP contribution < -0.4 is 5.32 Å². The molecule has 49 heavy (non-hydrogen) atoms. The molecule has 0 unspecified atom stereocenters. The highest BCUT2D eigenvalue weighted by atomic mass is 16.5. The number of hydrogen-bond acceptors (Lipinski definition) is 5. The number of aromatic nitrogens is 1. The summed E-state index contributed by atoms with van der Waals surface area (Å²) in [5, 5.41) is 2.95. The number of carbonyl (C=O) groups is 3. The molecule has 0 saturated carbocycles. The van der Waals surface area contributed by atoms with Crippen LogP contribution >= 0.6 is 0 Å². The van der Waals surface area contributed by atoms with Crippen molar-refractivity contribution in [2.45, 2.75) is 124 Å². The summed E-state index contributed by atoms with van der Waals surface area (Å²) in [5.41, 5.74) is 6.33. The number of carbonyl (C=O) groups excluding carboxylic acids is 3. The smallest absolute Gasteiger partial charge is 0.311 e. The van der Waals surface area contributed by atoms with Gasteiger partial charge in [-0.1, -0.05) is 90.1 Å². The van der Waals surface area contributed by atoms with E-state index in [1.165, 1.54) is 36.1 Å². The maximum Gasteiger partial charge on any atom is 0.311 e. The highest BCUT2D eigenvalue weighted by Crippen LogP contribution is 2.26. The quantitative estimate of drug-likeness (QED) is 0.129. The van der Waals surface area contributed by atoms with E-state index in [2.05, 4.69) is 95.4 Å². The van der Waals surface area contributed by atoms with Crippen LogP contribution in [0.25, 0.3) is 5.76 Å². The van der Waals surface area contributed by atoms with Gasteiger partial charge in [0.2, 0.25) is 5.91 Å². The number of nitrogens with zero attached hydrogens (tertiary/aromatic N) is 1. The number of hydrogen-bond donors (Lipinski definition) is 1. The van der Waals surface area contributed by atoms with E-state index in [1.54, 1.807) is 0 Å². The molecule has 1 atom stereocenters. The summed E-state index contributed by atoms with van der Waals surface area (Å²) in [6.45, 7) is 18.0. The number of esters is 2. The van der Waals surface area contributed by atoms with Gasteiger partial charge >= 0.3 is 11.9 Å². The summed E-state index contributed by atoms with van der Waals surface area (Å²) in [6.07, 6.45) is 6.53. The molecule has 0 saturated heterocycles. The maximum atomic E-state index is 13.2. The molecule has 1 aromatic heterocycles. The lowest BCUT2D eigenvalue weighted by Crippen LogP contribution is -2.49. The van der Waals surface area contributed by atoms with Crippen LogP contribution in [0.5, 0.6) is 0 Å². The van der Waals surface area contributed by atoms with E-state index in [9.17, 15) is 14.4 Å². The molecular formula is C42H58N2O5. The monoisotopic (exact) mass is 670 g/mol. The summed E-state index contributed by atoms with van der Waals surface area (Å²) in [6, 6.07) is 21.4. The fourth-order valence-corrected chi connectivity index (χ4v) is 5.83. The number of benzene rings is 2. The second-order valence-electron chi connectivity index (χ2n) is 15.6. The molecule has 7 heteroatoms. The Morgan fingerprint density at radius 3 is 1.82 bits per heavy atom. The van der Waals surface area contributed by atoms with Crippen LogP contribution in [-0.2, 0) is 61.0 Å². The number of amides is 1. The molecule has 0 aliphatic heterocycles. The van der Waals surface area contributed by atoms with Gasteiger partial charge in [0, 0.05) is 33.0 Å². The van der Waals surface area contributed by atoms with E-state index in [0.29, 0.717) is 37.9 Å². The molecule has 0 radical (unpaired) electrons. The zero-order valence-corrected chi connectivity index (χ0v) is 31.5. The predicted molar refractivity (Wildman–Crippen MR) is 198 cm³/mol. The third-order valence-electron chi connectivity index (χ3n) is 8.96. The van der Waals surface area contributed by atoms with Gasteiger partial charge in [-0.15, -0.1) is 0 Å². The van der Waals surface area contributed by atoms with Gasteiger partial charge in [0.25, 0.3) is 0 Å². The van der Waals surface area contributed by atoms with Gasteiger partial charge in [-0.2, -0.15) is 0 Å². The number of rotatable bonds is 15. The molecule has 1 N–H and O–H groups in total. The maximum absolute atomic E-state index is 13.2. The van der Waals surface area contributed by atoms with Crippen molar-refractivity contribution in [3.8, 4) is 0 Å². The molecule has 2 aromatic carbocycles. The molecule has 3 rings (SSSR count). The summed E-state index contributed by atoms with van der Waals surface area (Å²) in [7, 11) is 1.96. The van der Waals surface area contributed by atoms with E-state index >= 15 is 0 Å². The Bertz CT molecular complexity index is 1580. The predicted octanol–water partition coefficient (Wildman–Crippen LogP) is 8.55. The van der Waals surface area contributed by atoms with Crippen molar-refractivity contribution >= 4 is 23.6 Å². The Kier molecular flexibility index (Phi) is 13.6. The molecule has 0 bridgehead atoms. The molecule has 0 aliphatic rings. The van der Waals surface area contributed by atoms with Gasteiger partial charge in [-0.05, 0) is 96.7 Å². The largest absolute Gasteiger partial charge is 0.463 e. The van der Waals surface area contributed by atoms with E-state index in [0.717, 1.165) is 24.2 Å². The normalized spacial score (nSPS) is 13.5. The fraction of sp³-hybridized carbons (Fsp3) is 0.500. The van der Waals surface area contributed by atoms with E-state index in [4.69, 9.17) is 9.47 Å². The Morgan fingerprint density at radius 1 is 0.755 bits per heavy atom. The number of allylic oxidation sites excluding steroid dienone is 1. The molecule has 0 fully saturated rings. The van der Waals surface area contributed by atoms with Crippen molar-refractivity contribution in [3.63, 3.8) is 0 Å². The van der Waals surface area contributed by atoms with Crippen molar-refractivity contribution in [2.24, 2.45) is 7.05 Å². The minimum absolute atomic E-state index is 0.0828. The number of aryl methyl sites for hydroxylation is 3. The summed E-state index contributed by atoms with van der Waals surface area (Å²) in [5.74, 6) is -0.286. The van der Waals surface area contributed by atoms with E-state index in [1.807, 2.05) is 36.7 Å². The zero-order chi connectivity index (χ0) is 36.4. The second kappa shape index (κ2) is 17.0. The lowest BCUT2D eigenvalue weighted by molar-refractivity contribution is -0.144. The van der Waals surface area contributed by atoms with Crippen molar-refractivity contribution < 1.29 is 23.9 Å². The Hall–Kier alpha value is -4.13. The minimum atomic E-state index is -0.720. The fourth-order valence-electron chi connectivity index (χ4n) is 5.83. The van der Waals surface area contributed by atoms with Gasteiger partial charge in [0.1, 0.15) is 6.61 Å². The van der Waals surface area contributed by atoms with Gasteiger partial charge in [0.05, 0.1) is 11.2 Å². The zero-order valence-electron chi connectivity index (χ0n) is 31.5. The molecule has 1 amide bonds. The summed E-state index contributed by atoms with van der Waals surface area (Å²) in [4.78, 5) is 36.7. The van der Waals surface area contributed by atoms with Crippen LogP contribution in [0.15, 0.2) is 66.7 Å². The van der Waals surface area contributed by atoms with Crippen molar-refractivity contribution in [2.75, 3.05) is 6.61 Å². The molecule has 1 heterocycles. The first-order valence-electron chi connectivity index (χ1n) is 17.5. The molecule has 0 spiro atoms. The van der Waals surface area contributed by atoms with Gasteiger partial charge in [0.15, 0.2) is 5.76 Å². The first kappa shape index (κ1) is 39.3. The third-order valence-corrected chi connectivity index (χ3v) is 8.96. The van der Waals surface area contributed by atoms with Crippen LogP contribution in [0.1, 0.15) is 122 Å². The Labute approximate surface area is 294 Å². The molecule has 0 aliphatic carbocycles. The first-order chi connectivity index (χ1) is 22.9. The third kappa shape index (κ3) is 12.7. The lowest BCUT2D eigenvalue weighted by atomic mass is 9.86. The van der Waals surface area contributed by atoms with Crippen LogP contribution in [0, 0.1) is 0 Å². The summed E-state index contributed by atoms with van der Waals surface area (Å²) >= 11 is 0. The van der Waals surface area contributed by atoms with Crippen LogP contribution in [-0.4, -0.2) is 34.6 Å². The number of nitrogens with one attached hydrogen (secondary N) is 1. The molecule has 3 aromatic rings. The van der Waals surface area contributed by atoms with Crippen LogP contribution in [0.2, 0.25) is 0 Å². The average Bonchev–Trinajstić information content (AvgIpc) is 3.37. The lowest BCUT2D eigenvalue weighted by Gasteiger charge is -2.30. The van der Waals surface area contributed by atoms with Crippen molar-refractivity contribution in [1.29, 1.82) is 0 Å². The number of ether oxygens (including phenoxy) is 2. The second-order valence-corrected chi connectivity index (χ2v) is 15.6. The Morgan fingerprint density at radius 2 is 1.31 bits per heavy atom. The Balaban J connectivity index is 1.75. The van der Waals surface area contributed by atoms with E-state index in [-0.39, 0.29) is 29.3 Å². The van der Waals surface area contributed by atoms with Crippen molar-refractivity contribution in [3.05, 3.63) is 100 Å². The highest BCUT2D eigenvalue weighted by Gasteiger charge is 2.27. The minimum Gasteiger partial charge on any atom is -0.463 e. The molecule has 266 valence electrons. The SMILES string of the molecule is CC(=O)N[C@](C)(CCc1ccc(C(=CCCc2ccc(C(C)(C)C)cc2)OC(=O)CCCc2ccc(C(C)(C)C)cc2)n1C)COC(C)=O. The van der Waals surface area contributed by atoms with Gasteiger partial charge in [-0.3, -0.25) is 14.4 Å². The van der Waals surface area contributed by atoms with Gasteiger partial charge in [-0.25, -0.2) is 0 Å². The molecule has 7 nitrogen and oxygen atoms in total. The van der Waals surface area contributed by atoms with E-state index < -0.39 is 11.5 Å². The highest BCUT2D eigenvalue weighted by molar-refractivity contribution is 5.77. The standard InChI is InChI=1S/C42H58N2O5/c1-30(45)43-42(9,29-48-31(2)46)28-27-36-25-26-37(44(36)10)38(15-11-13-32-17-21-34(22-18-32)40(3,4)5)49-39(47)16-12-14-33-19-23-35(24-20-33)41(6,7)8/h15,17-26H,11-14,16,27-29H2,1-10H3,(H,43,45)/t42-/m1/s1. The van der Waals surface area contributed by atoms with Crippen molar-refractivity contribution in [1.82, 2.24) is 9.88 Å². The summed E-state index contributed by atoms with van der Waals surface area (Å²) < 4.78 is 13.4. The van der Waals surface area contributed by atoms with Crippen LogP contribution in [0.4, 0.5) is 0 Å². The first-order valence-corrected chi connectivity index (χ1v) is 17.5. The van der Waals surface area contributed by atoms with Crippen LogP contribution in [0.3, 0.4) is 0 Å². The topological polar surface area (TPSA) is 86.6 Å².